The fourth-order valence-corrected chi connectivity index (χ4v) is 5.13. The zero-order valence-corrected chi connectivity index (χ0v) is 22.9. The molecule has 0 unspecified atom stereocenters. The molecule has 1 fully saturated rings. The Kier molecular flexibility index (Phi) is 8.61. The summed E-state index contributed by atoms with van der Waals surface area (Å²) in [4.78, 5) is 34.6. The van der Waals surface area contributed by atoms with Gasteiger partial charge in [0.2, 0.25) is 5.91 Å². The Labute approximate surface area is 233 Å². The van der Waals surface area contributed by atoms with Crippen LogP contribution in [0.3, 0.4) is 0 Å². The van der Waals surface area contributed by atoms with Gasteiger partial charge in [0.25, 0.3) is 5.91 Å². The van der Waals surface area contributed by atoms with Gasteiger partial charge in [0.05, 0.1) is 11.8 Å². The molecule has 2 aromatic heterocycles. The molecule has 212 valence electrons. The van der Waals surface area contributed by atoms with Crippen LogP contribution in [0.1, 0.15) is 52.7 Å². The molecule has 2 aliphatic heterocycles. The molecule has 3 aromatic rings. The van der Waals surface area contributed by atoms with E-state index in [0.717, 1.165) is 35.4 Å². The van der Waals surface area contributed by atoms with Crippen molar-refractivity contribution in [3.8, 4) is 5.75 Å². The minimum absolute atomic E-state index is 0.0963. The highest BCUT2D eigenvalue weighted by Gasteiger charge is 2.26. The number of amides is 2. The van der Waals surface area contributed by atoms with Crippen LogP contribution in [-0.4, -0.2) is 69.6 Å². The molecular formula is C29H36N6O5. The van der Waals surface area contributed by atoms with Crippen LogP contribution in [0.5, 0.6) is 5.75 Å². The number of piperidine rings is 1. The molecule has 0 saturated carbocycles. The number of likely N-dealkylation sites (tertiary alicyclic amines) is 1. The fourth-order valence-electron chi connectivity index (χ4n) is 5.13. The van der Waals surface area contributed by atoms with E-state index in [1.54, 1.807) is 25.3 Å². The monoisotopic (exact) mass is 548 g/mol. The van der Waals surface area contributed by atoms with Crippen LogP contribution in [0, 0.1) is 6.92 Å². The lowest BCUT2D eigenvalue weighted by Gasteiger charge is -2.32. The van der Waals surface area contributed by atoms with E-state index in [2.05, 4.69) is 25.9 Å². The fraction of sp³-hybridized carbons (Fsp3) is 0.448. The van der Waals surface area contributed by atoms with E-state index in [9.17, 15) is 14.7 Å². The summed E-state index contributed by atoms with van der Waals surface area (Å²) in [5, 5.41) is 20.4. The second-order valence-corrected chi connectivity index (χ2v) is 10.4. The second kappa shape index (κ2) is 12.5. The van der Waals surface area contributed by atoms with Gasteiger partial charge in [-0.05, 0) is 61.6 Å². The van der Waals surface area contributed by atoms with Gasteiger partial charge < -0.3 is 35.1 Å². The summed E-state index contributed by atoms with van der Waals surface area (Å²) in [6.45, 7) is 5.92. The first-order chi connectivity index (χ1) is 19.4. The number of benzene rings is 1. The van der Waals surface area contributed by atoms with Crippen molar-refractivity contribution in [2.45, 2.75) is 64.4 Å². The molecule has 0 aliphatic carbocycles. The summed E-state index contributed by atoms with van der Waals surface area (Å²) in [5.74, 6) is 1.90. The Hall–Kier alpha value is -3.96. The first-order valence-corrected chi connectivity index (χ1v) is 13.7. The molecule has 0 radical (unpaired) electrons. The van der Waals surface area contributed by atoms with Crippen LogP contribution in [0.2, 0.25) is 0 Å². The maximum atomic E-state index is 12.8. The number of carbonyl (C=O) groups is 2. The van der Waals surface area contributed by atoms with Crippen LogP contribution in [0.15, 0.2) is 47.3 Å². The summed E-state index contributed by atoms with van der Waals surface area (Å²) < 4.78 is 11.2. The number of aliphatic hydroxyl groups is 1. The summed E-state index contributed by atoms with van der Waals surface area (Å²) in [6, 6.07) is 9.33. The zero-order chi connectivity index (χ0) is 28.1. The second-order valence-electron chi connectivity index (χ2n) is 10.4. The van der Waals surface area contributed by atoms with Crippen molar-refractivity contribution in [1.29, 1.82) is 0 Å². The number of anilines is 1. The average molecular weight is 549 g/mol. The summed E-state index contributed by atoms with van der Waals surface area (Å²) in [7, 11) is 0. The number of hydrogen-bond acceptors (Lipinski definition) is 9. The standard InChI is InChI=1S/C29H36N6O5/c1-18-27(40-17-33-18)16-39-24-4-3-20-12-25(31-14-22(20)11-24)26(37)15-32-29(38)21-5-8-30-28(13-21)34-23-6-9-35(10-7-23)19(2)36/h3-5,8,11,13,17,23,25-26,31,37H,6-7,9-10,12,14-16H2,1-2H3,(H,30,34)(H,32,38)/t25-,26+/m0/s1. The van der Waals surface area contributed by atoms with Crippen molar-refractivity contribution in [1.82, 2.24) is 25.5 Å². The molecule has 4 N–H and O–H groups in total. The van der Waals surface area contributed by atoms with E-state index in [1.165, 1.54) is 6.39 Å². The third-order valence-electron chi connectivity index (χ3n) is 7.64. The lowest BCUT2D eigenvalue weighted by atomic mass is 9.92. The number of oxazole rings is 1. The third-order valence-corrected chi connectivity index (χ3v) is 7.64. The Bertz CT molecular complexity index is 1340. The number of rotatable bonds is 9. The minimum Gasteiger partial charge on any atom is -0.486 e. The van der Waals surface area contributed by atoms with Gasteiger partial charge >= 0.3 is 0 Å². The van der Waals surface area contributed by atoms with Crippen LogP contribution >= 0.6 is 0 Å². The summed E-state index contributed by atoms with van der Waals surface area (Å²) >= 11 is 0. The molecular weight excluding hydrogens is 512 g/mol. The summed E-state index contributed by atoms with van der Waals surface area (Å²) in [5.41, 5.74) is 3.53. The van der Waals surface area contributed by atoms with Crippen LogP contribution in [0.4, 0.5) is 5.82 Å². The van der Waals surface area contributed by atoms with E-state index in [4.69, 9.17) is 9.15 Å². The number of aryl methyl sites for hydroxylation is 1. The first kappa shape index (κ1) is 27.6. The topological polar surface area (TPSA) is 142 Å². The highest BCUT2D eigenvalue weighted by Crippen LogP contribution is 2.24. The number of ether oxygens (including phenoxy) is 1. The SMILES string of the molecule is CC(=O)N1CCC(Nc2cc(C(=O)NC[C@@H](O)[C@@H]3Cc4ccc(OCc5ocnc5C)cc4CN3)ccn2)CC1. The van der Waals surface area contributed by atoms with Crippen LogP contribution in [0.25, 0.3) is 0 Å². The molecule has 11 nitrogen and oxygen atoms in total. The first-order valence-electron chi connectivity index (χ1n) is 13.7. The quantitative estimate of drug-likeness (QED) is 0.317. The third kappa shape index (κ3) is 6.78. The van der Waals surface area contributed by atoms with Crippen molar-refractivity contribution >= 4 is 17.6 Å². The van der Waals surface area contributed by atoms with Gasteiger partial charge in [-0.2, -0.15) is 0 Å². The van der Waals surface area contributed by atoms with Gasteiger partial charge in [0.1, 0.15) is 18.2 Å². The molecule has 2 amide bonds. The molecule has 4 heterocycles. The number of nitrogens with one attached hydrogen (secondary N) is 3. The van der Waals surface area contributed by atoms with Gasteiger partial charge in [-0.15, -0.1) is 0 Å². The number of aromatic nitrogens is 2. The molecule has 2 aliphatic rings. The van der Waals surface area contributed by atoms with Crippen molar-refractivity contribution in [3.63, 3.8) is 0 Å². The average Bonchev–Trinajstić information content (AvgIpc) is 3.39. The highest BCUT2D eigenvalue weighted by molar-refractivity contribution is 5.94. The predicted molar refractivity (Wildman–Crippen MR) is 148 cm³/mol. The number of hydrogen-bond donors (Lipinski definition) is 4. The molecule has 40 heavy (non-hydrogen) atoms. The number of aliphatic hydroxyl groups excluding tert-OH is 1. The van der Waals surface area contributed by atoms with E-state index in [-0.39, 0.29) is 30.4 Å². The Morgan fingerprint density at radius 3 is 2.77 bits per heavy atom. The summed E-state index contributed by atoms with van der Waals surface area (Å²) in [6.07, 6.45) is 4.56. The Balaban J connectivity index is 1.09. The van der Waals surface area contributed by atoms with Gasteiger partial charge in [0.15, 0.2) is 12.2 Å². The maximum Gasteiger partial charge on any atom is 0.251 e. The van der Waals surface area contributed by atoms with Gasteiger partial charge in [-0.25, -0.2) is 9.97 Å². The molecule has 0 spiro atoms. The van der Waals surface area contributed by atoms with E-state index in [1.807, 2.05) is 30.0 Å². The van der Waals surface area contributed by atoms with Crippen molar-refractivity contribution in [2.75, 3.05) is 25.0 Å². The van der Waals surface area contributed by atoms with Crippen molar-refractivity contribution in [2.24, 2.45) is 0 Å². The molecule has 1 aromatic carbocycles. The Morgan fingerprint density at radius 2 is 2.02 bits per heavy atom. The number of nitrogens with zero attached hydrogens (tertiary/aromatic N) is 3. The number of carbonyl (C=O) groups excluding carboxylic acids is 2. The minimum atomic E-state index is -0.756. The molecule has 0 bridgehead atoms. The molecule has 11 heteroatoms. The molecule has 5 rings (SSSR count). The van der Waals surface area contributed by atoms with Crippen LogP contribution in [-0.2, 0) is 24.4 Å². The smallest absolute Gasteiger partial charge is 0.251 e. The molecule has 2 atom stereocenters. The largest absolute Gasteiger partial charge is 0.486 e. The van der Waals surface area contributed by atoms with Crippen molar-refractivity contribution < 1.29 is 23.8 Å². The van der Waals surface area contributed by atoms with Crippen LogP contribution < -0.4 is 20.7 Å². The molecule has 1 saturated heterocycles. The van der Waals surface area contributed by atoms with Crippen molar-refractivity contribution in [3.05, 3.63) is 71.1 Å². The van der Waals surface area contributed by atoms with E-state index >= 15 is 0 Å². The number of pyridine rings is 1. The zero-order valence-electron chi connectivity index (χ0n) is 22.9. The lowest BCUT2D eigenvalue weighted by Crippen LogP contribution is -2.49. The number of fused-ring (bicyclic) bond motifs is 1. The van der Waals surface area contributed by atoms with Gasteiger partial charge in [-0.1, -0.05) is 6.07 Å². The lowest BCUT2D eigenvalue weighted by molar-refractivity contribution is -0.129. The Morgan fingerprint density at radius 1 is 1.20 bits per heavy atom. The van der Waals surface area contributed by atoms with E-state index in [0.29, 0.717) is 49.8 Å². The van der Waals surface area contributed by atoms with E-state index < -0.39 is 6.10 Å². The predicted octanol–water partition coefficient (Wildman–Crippen LogP) is 2.19. The normalized spacial score (nSPS) is 18.1. The van der Waals surface area contributed by atoms with Gasteiger partial charge in [0, 0.05) is 56.9 Å². The maximum absolute atomic E-state index is 12.8. The highest BCUT2D eigenvalue weighted by atomic mass is 16.5. The van der Waals surface area contributed by atoms with Gasteiger partial charge in [-0.3, -0.25) is 9.59 Å².